The molecule has 0 fully saturated rings. The molecule has 19 heavy (non-hydrogen) atoms. The topological polar surface area (TPSA) is 0 Å². The third kappa shape index (κ3) is 8.71. The molecule has 0 saturated heterocycles. The van der Waals surface area contributed by atoms with Crippen LogP contribution in [0.15, 0.2) is 0 Å². The SMILES string of the molecule is CCC(C)C(C)C(CC(C)C)CC(C)CCC(C)C. The molecule has 0 saturated carbocycles. The van der Waals surface area contributed by atoms with E-state index in [0.717, 1.165) is 35.5 Å². The van der Waals surface area contributed by atoms with Crippen LogP contribution in [0.1, 0.15) is 87.5 Å². The summed E-state index contributed by atoms with van der Waals surface area (Å²) >= 11 is 0. The molecule has 0 aromatic rings. The van der Waals surface area contributed by atoms with Crippen molar-refractivity contribution in [3.63, 3.8) is 0 Å². The molecule has 0 radical (unpaired) electrons. The predicted octanol–water partition coefficient (Wildman–Crippen LogP) is 6.79. The summed E-state index contributed by atoms with van der Waals surface area (Å²) < 4.78 is 0. The van der Waals surface area contributed by atoms with Crippen LogP contribution in [-0.4, -0.2) is 0 Å². The monoisotopic (exact) mass is 268 g/mol. The van der Waals surface area contributed by atoms with Gasteiger partial charge in [0.25, 0.3) is 0 Å². The van der Waals surface area contributed by atoms with Crippen LogP contribution in [0.3, 0.4) is 0 Å². The highest BCUT2D eigenvalue weighted by atomic mass is 14.3. The summed E-state index contributed by atoms with van der Waals surface area (Å²) in [6, 6.07) is 0. The van der Waals surface area contributed by atoms with Crippen LogP contribution in [0, 0.1) is 35.5 Å². The molecule has 0 aromatic carbocycles. The molecule has 0 aliphatic heterocycles. The van der Waals surface area contributed by atoms with Crippen molar-refractivity contribution in [3.8, 4) is 0 Å². The highest BCUT2D eigenvalue weighted by molar-refractivity contribution is 4.74. The Labute approximate surface area is 123 Å². The molecule has 0 nitrogen and oxygen atoms in total. The average Bonchev–Trinajstić information content (AvgIpc) is 2.33. The van der Waals surface area contributed by atoms with E-state index in [4.69, 9.17) is 0 Å². The van der Waals surface area contributed by atoms with Crippen molar-refractivity contribution in [1.29, 1.82) is 0 Å². The van der Waals surface area contributed by atoms with Crippen molar-refractivity contribution in [1.82, 2.24) is 0 Å². The third-order valence-electron chi connectivity index (χ3n) is 5.00. The van der Waals surface area contributed by atoms with E-state index in [-0.39, 0.29) is 0 Å². The number of hydrogen-bond donors (Lipinski definition) is 0. The molecular weight excluding hydrogens is 228 g/mol. The van der Waals surface area contributed by atoms with E-state index in [1.54, 1.807) is 0 Å². The fraction of sp³-hybridized carbons (Fsp3) is 1.00. The molecule has 0 heteroatoms. The third-order valence-corrected chi connectivity index (χ3v) is 5.00. The fourth-order valence-corrected chi connectivity index (χ4v) is 3.22. The second-order valence-corrected chi connectivity index (χ2v) is 7.95. The van der Waals surface area contributed by atoms with Gasteiger partial charge in [0.2, 0.25) is 0 Å². The molecule has 0 bridgehead atoms. The standard InChI is InChI=1S/C19H40/c1-9-17(7)18(8)19(12-15(4)5)13-16(6)11-10-14(2)3/h14-19H,9-13H2,1-8H3. The normalized spacial score (nSPS) is 18.6. The summed E-state index contributed by atoms with van der Waals surface area (Å²) in [7, 11) is 0. The molecule has 0 rings (SSSR count). The predicted molar refractivity (Wildman–Crippen MR) is 89.4 cm³/mol. The molecule has 0 amide bonds. The minimum Gasteiger partial charge on any atom is -0.0651 e. The molecular formula is C19H40. The minimum absolute atomic E-state index is 0.841. The van der Waals surface area contributed by atoms with Gasteiger partial charge in [-0.05, 0) is 48.3 Å². The zero-order valence-corrected chi connectivity index (χ0v) is 15.0. The van der Waals surface area contributed by atoms with Gasteiger partial charge < -0.3 is 0 Å². The van der Waals surface area contributed by atoms with E-state index in [1.165, 1.54) is 32.1 Å². The smallest absolute Gasteiger partial charge is 0.0381 e. The summed E-state index contributed by atoms with van der Waals surface area (Å²) in [4.78, 5) is 0. The maximum atomic E-state index is 2.50. The highest BCUT2D eigenvalue weighted by Gasteiger charge is 2.24. The Morgan fingerprint density at radius 1 is 0.684 bits per heavy atom. The van der Waals surface area contributed by atoms with Gasteiger partial charge in [-0.1, -0.05) is 74.7 Å². The van der Waals surface area contributed by atoms with Crippen LogP contribution < -0.4 is 0 Å². The number of hydrogen-bond acceptors (Lipinski definition) is 0. The first kappa shape index (κ1) is 19.0. The largest absolute Gasteiger partial charge is 0.0651 e. The van der Waals surface area contributed by atoms with E-state index in [2.05, 4.69) is 55.4 Å². The number of rotatable bonds is 10. The van der Waals surface area contributed by atoms with Crippen molar-refractivity contribution in [2.45, 2.75) is 87.5 Å². The van der Waals surface area contributed by atoms with E-state index < -0.39 is 0 Å². The van der Waals surface area contributed by atoms with Gasteiger partial charge in [-0.15, -0.1) is 0 Å². The van der Waals surface area contributed by atoms with Crippen LogP contribution in [0.4, 0.5) is 0 Å². The van der Waals surface area contributed by atoms with Crippen molar-refractivity contribution < 1.29 is 0 Å². The zero-order chi connectivity index (χ0) is 15.0. The lowest BCUT2D eigenvalue weighted by Gasteiger charge is -2.32. The van der Waals surface area contributed by atoms with Crippen LogP contribution in [0.2, 0.25) is 0 Å². The van der Waals surface area contributed by atoms with Gasteiger partial charge in [0.05, 0.1) is 0 Å². The van der Waals surface area contributed by atoms with Crippen LogP contribution in [-0.2, 0) is 0 Å². The van der Waals surface area contributed by atoms with Gasteiger partial charge in [0.1, 0.15) is 0 Å². The first-order valence-corrected chi connectivity index (χ1v) is 8.77. The summed E-state index contributed by atoms with van der Waals surface area (Å²) in [6.07, 6.45) is 7.00. The maximum absolute atomic E-state index is 2.50. The quantitative estimate of drug-likeness (QED) is 0.409. The Kier molecular flexibility index (Phi) is 9.83. The highest BCUT2D eigenvalue weighted by Crippen LogP contribution is 2.34. The van der Waals surface area contributed by atoms with Gasteiger partial charge in [-0.2, -0.15) is 0 Å². The first-order chi connectivity index (χ1) is 8.77. The second kappa shape index (κ2) is 9.83. The molecule has 0 aliphatic carbocycles. The lowest BCUT2D eigenvalue weighted by Crippen LogP contribution is -2.22. The van der Waals surface area contributed by atoms with Crippen molar-refractivity contribution >= 4 is 0 Å². The Morgan fingerprint density at radius 3 is 1.68 bits per heavy atom. The fourth-order valence-electron chi connectivity index (χ4n) is 3.22. The summed E-state index contributed by atoms with van der Waals surface area (Å²) in [5, 5.41) is 0. The van der Waals surface area contributed by atoms with Crippen molar-refractivity contribution in [3.05, 3.63) is 0 Å². The van der Waals surface area contributed by atoms with Crippen LogP contribution >= 0.6 is 0 Å². The van der Waals surface area contributed by atoms with Gasteiger partial charge in [-0.25, -0.2) is 0 Å². The maximum Gasteiger partial charge on any atom is -0.0381 e. The molecule has 0 N–H and O–H groups in total. The molecule has 0 aromatic heterocycles. The molecule has 116 valence electrons. The summed E-state index contributed by atoms with van der Waals surface area (Å²) in [5.74, 6) is 5.29. The lowest BCUT2D eigenvalue weighted by atomic mass is 9.74. The Balaban J connectivity index is 4.41. The van der Waals surface area contributed by atoms with Crippen LogP contribution in [0.25, 0.3) is 0 Å². The first-order valence-electron chi connectivity index (χ1n) is 8.77. The van der Waals surface area contributed by atoms with E-state index >= 15 is 0 Å². The molecule has 0 spiro atoms. The van der Waals surface area contributed by atoms with E-state index in [1.807, 2.05) is 0 Å². The molecule has 0 aliphatic rings. The van der Waals surface area contributed by atoms with Crippen molar-refractivity contribution in [2.24, 2.45) is 35.5 Å². The lowest BCUT2D eigenvalue weighted by molar-refractivity contribution is 0.185. The molecule has 4 atom stereocenters. The van der Waals surface area contributed by atoms with E-state index in [0.29, 0.717) is 0 Å². The zero-order valence-electron chi connectivity index (χ0n) is 15.0. The van der Waals surface area contributed by atoms with Gasteiger partial charge >= 0.3 is 0 Å². The minimum atomic E-state index is 0.841. The van der Waals surface area contributed by atoms with Crippen LogP contribution in [0.5, 0.6) is 0 Å². The van der Waals surface area contributed by atoms with Crippen molar-refractivity contribution in [2.75, 3.05) is 0 Å². The Bertz CT molecular complexity index is 204. The van der Waals surface area contributed by atoms with Gasteiger partial charge in [0, 0.05) is 0 Å². The van der Waals surface area contributed by atoms with Gasteiger partial charge in [0.15, 0.2) is 0 Å². The Hall–Kier alpha value is 0. The van der Waals surface area contributed by atoms with Gasteiger partial charge in [-0.3, -0.25) is 0 Å². The Morgan fingerprint density at radius 2 is 1.26 bits per heavy atom. The van der Waals surface area contributed by atoms with E-state index in [9.17, 15) is 0 Å². The molecule has 4 unspecified atom stereocenters. The summed E-state index contributed by atoms with van der Waals surface area (Å²) in [6.45, 7) is 19.2. The average molecular weight is 269 g/mol. The second-order valence-electron chi connectivity index (χ2n) is 7.95. The molecule has 0 heterocycles. The summed E-state index contributed by atoms with van der Waals surface area (Å²) in [5.41, 5.74) is 0.